The van der Waals surface area contributed by atoms with Crippen molar-refractivity contribution in [3.8, 4) is 5.75 Å². The molecule has 0 aliphatic carbocycles. The van der Waals surface area contributed by atoms with E-state index in [1.165, 1.54) is 0 Å². The molecule has 1 aromatic carbocycles. The van der Waals surface area contributed by atoms with E-state index in [1.807, 2.05) is 38.3 Å². The van der Waals surface area contributed by atoms with Gasteiger partial charge in [0.15, 0.2) is 0 Å². The molecule has 0 radical (unpaired) electrons. The Hall–Kier alpha value is -2.23. The maximum atomic E-state index is 5.70. The lowest BCUT2D eigenvalue weighted by Crippen LogP contribution is -2.32. The zero-order chi connectivity index (χ0) is 14.4. The third-order valence-corrected chi connectivity index (χ3v) is 3.10. The molecule has 20 heavy (non-hydrogen) atoms. The molecular weight excluding hydrogens is 250 g/mol. The van der Waals surface area contributed by atoms with Crippen LogP contribution in [0.25, 0.3) is 6.08 Å². The summed E-state index contributed by atoms with van der Waals surface area (Å²) in [6, 6.07) is 6.05. The number of hydrogen-bond donors (Lipinski definition) is 1. The minimum atomic E-state index is 0.710. The molecule has 4 nitrogen and oxygen atoms in total. The standard InChI is InChI=1S/C14H15N3O.C2H6/c1-2-11-4-3-5-13-14(11)17(6-7-18-13)9-12-8-15-10-16-12;1-2/h2-5,8,10H,1,6-7,9H2,(H,15,16);1-2H3. The summed E-state index contributed by atoms with van der Waals surface area (Å²) in [5.74, 6) is 0.929. The molecule has 0 bridgehead atoms. The van der Waals surface area contributed by atoms with Crippen LogP contribution in [-0.2, 0) is 6.54 Å². The first-order valence-electron chi connectivity index (χ1n) is 6.99. The first-order chi connectivity index (χ1) is 9.88. The third-order valence-electron chi connectivity index (χ3n) is 3.10. The smallest absolute Gasteiger partial charge is 0.143 e. The third kappa shape index (κ3) is 2.85. The van der Waals surface area contributed by atoms with Crippen LogP contribution in [0.4, 0.5) is 5.69 Å². The lowest BCUT2D eigenvalue weighted by atomic mass is 10.1. The van der Waals surface area contributed by atoms with Gasteiger partial charge >= 0.3 is 0 Å². The number of para-hydroxylation sites is 1. The summed E-state index contributed by atoms with van der Waals surface area (Å²) in [7, 11) is 0. The van der Waals surface area contributed by atoms with E-state index in [4.69, 9.17) is 4.74 Å². The van der Waals surface area contributed by atoms with E-state index in [0.29, 0.717) is 6.61 Å². The summed E-state index contributed by atoms with van der Waals surface area (Å²) in [6.07, 6.45) is 5.43. The van der Waals surface area contributed by atoms with Gasteiger partial charge in [0.05, 0.1) is 30.8 Å². The molecule has 106 valence electrons. The Labute approximate surface area is 120 Å². The van der Waals surface area contributed by atoms with Crippen molar-refractivity contribution in [2.45, 2.75) is 20.4 Å². The van der Waals surface area contributed by atoms with Gasteiger partial charge in [0.2, 0.25) is 0 Å². The number of nitrogens with one attached hydrogen (secondary N) is 1. The molecule has 2 heterocycles. The highest BCUT2D eigenvalue weighted by Gasteiger charge is 2.20. The van der Waals surface area contributed by atoms with Crippen LogP contribution in [0, 0.1) is 0 Å². The zero-order valence-corrected chi connectivity index (χ0v) is 12.1. The van der Waals surface area contributed by atoms with Gasteiger partial charge in [-0.2, -0.15) is 0 Å². The molecule has 0 unspecified atom stereocenters. The maximum Gasteiger partial charge on any atom is 0.143 e. The van der Waals surface area contributed by atoms with Gasteiger partial charge in [0, 0.05) is 11.8 Å². The SMILES string of the molecule is C=Cc1cccc2c1N(Cc1cnc[nH]1)CCO2.CC. The normalized spacial score (nSPS) is 12.8. The van der Waals surface area contributed by atoms with Gasteiger partial charge in [0.25, 0.3) is 0 Å². The van der Waals surface area contributed by atoms with E-state index in [0.717, 1.165) is 35.8 Å². The van der Waals surface area contributed by atoms with Crippen molar-refractivity contribution >= 4 is 11.8 Å². The molecule has 0 amide bonds. The number of ether oxygens (including phenoxy) is 1. The average molecular weight is 271 g/mol. The molecule has 1 aliphatic rings. The van der Waals surface area contributed by atoms with E-state index >= 15 is 0 Å². The van der Waals surface area contributed by atoms with Crippen LogP contribution >= 0.6 is 0 Å². The molecule has 4 heteroatoms. The number of fused-ring (bicyclic) bond motifs is 1. The molecular formula is C16H21N3O. The quantitative estimate of drug-likeness (QED) is 0.929. The van der Waals surface area contributed by atoms with E-state index in [-0.39, 0.29) is 0 Å². The molecule has 0 saturated heterocycles. The Morgan fingerprint density at radius 2 is 2.30 bits per heavy atom. The molecule has 0 atom stereocenters. The Balaban J connectivity index is 0.000000704. The second kappa shape index (κ2) is 6.80. The number of aromatic amines is 1. The van der Waals surface area contributed by atoms with Gasteiger partial charge in [-0.15, -0.1) is 0 Å². The van der Waals surface area contributed by atoms with Crippen LogP contribution in [0.5, 0.6) is 5.75 Å². The van der Waals surface area contributed by atoms with E-state index in [1.54, 1.807) is 6.33 Å². The molecule has 0 saturated carbocycles. The Kier molecular flexibility index (Phi) is 4.82. The Bertz CT molecular complexity index is 549. The van der Waals surface area contributed by atoms with E-state index < -0.39 is 0 Å². The van der Waals surface area contributed by atoms with Gasteiger partial charge in [0.1, 0.15) is 12.4 Å². The number of anilines is 1. The van der Waals surface area contributed by atoms with Crippen molar-refractivity contribution in [3.05, 3.63) is 48.6 Å². The number of rotatable bonds is 3. The predicted octanol–water partition coefficient (Wildman–Crippen LogP) is 3.48. The summed E-state index contributed by atoms with van der Waals surface area (Å²) in [4.78, 5) is 9.48. The monoisotopic (exact) mass is 271 g/mol. The highest BCUT2D eigenvalue weighted by Crippen LogP contribution is 2.36. The van der Waals surface area contributed by atoms with Gasteiger partial charge in [-0.3, -0.25) is 0 Å². The number of nitrogens with zero attached hydrogens (tertiary/aromatic N) is 2. The van der Waals surface area contributed by atoms with Crippen molar-refractivity contribution < 1.29 is 4.74 Å². The predicted molar refractivity (Wildman–Crippen MR) is 83.0 cm³/mol. The highest BCUT2D eigenvalue weighted by atomic mass is 16.5. The first kappa shape index (κ1) is 14.2. The first-order valence-corrected chi connectivity index (χ1v) is 6.99. The summed E-state index contributed by atoms with van der Waals surface area (Å²) in [6.45, 7) is 10.3. The van der Waals surface area contributed by atoms with Gasteiger partial charge in [-0.1, -0.05) is 38.6 Å². The lowest BCUT2D eigenvalue weighted by Gasteiger charge is -2.32. The summed E-state index contributed by atoms with van der Waals surface area (Å²) in [5.41, 5.74) is 3.32. The van der Waals surface area contributed by atoms with Crippen LogP contribution in [0.15, 0.2) is 37.3 Å². The fraction of sp³-hybridized carbons (Fsp3) is 0.312. The number of H-pyrrole nitrogens is 1. The van der Waals surface area contributed by atoms with Crippen molar-refractivity contribution in [2.75, 3.05) is 18.1 Å². The van der Waals surface area contributed by atoms with Crippen LogP contribution in [0.1, 0.15) is 25.1 Å². The van der Waals surface area contributed by atoms with E-state index in [2.05, 4.69) is 27.5 Å². The maximum absolute atomic E-state index is 5.70. The van der Waals surface area contributed by atoms with Gasteiger partial charge in [-0.05, 0) is 6.07 Å². The second-order valence-corrected chi connectivity index (χ2v) is 4.24. The molecule has 0 spiro atoms. The largest absolute Gasteiger partial charge is 0.490 e. The number of benzene rings is 1. The molecule has 3 rings (SSSR count). The van der Waals surface area contributed by atoms with Gasteiger partial charge in [-0.25, -0.2) is 4.98 Å². The van der Waals surface area contributed by atoms with E-state index in [9.17, 15) is 0 Å². The topological polar surface area (TPSA) is 41.2 Å². The number of hydrogen-bond acceptors (Lipinski definition) is 3. The summed E-state index contributed by atoms with van der Waals surface area (Å²) >= 11 is 0. The minimum absolute atomic E-state index is 0.710. The zero-order valence-electron chi connectivity index (χ0n) is 12.1. The van der Waals surface area contributed by atoms with Crippen molar-refractivity contribution in [1.82, 2.24) is 9.97 Å². The number of aromatic nitrogens is 2. The van der Waals surface area contributed by atoms with Crippen molar-refractivity contribution in [2.24, 2.45) is 0 Å². The number of imidazole rings is 1. The lowest BCUT2D eigenvalue weighted by molar-refractivity contribution is 0.306. The molecule has 1 aliphatic heterocycles. The molecule has 0 fully saturated rings. The Morgan fingerprint density at radius 3 is 3.00 bits per heavy atom. The minimum Gasteiger partial charge on any atom is -0.490 e. The fourth-order valence-electron chi connectivity index (χ4n) is 2.27. The molecule has 2 aromatic rings. The van der Waals surface area contributed by atoms with Crippen LogP contribution in [0.3, 0.4) is 0 Å². The fourth-order valence-corrected chi connectivity index (χ4v) is 2.27. The molecule has 1 N–H and O–H groups in total. The van der Waals surface area contributed by atoms with Gasteiger partial charge < -0.3 is 14.6 Å². The Morgan fingerprint density at radius 1 is 1.45 bits per heavy atom. The molecule has 1 aromatic heterocycles. The second-order valence-electron chi connectivity index (χ2n) is 4.24. The highest BCUT2D eigenvalue weighted by molar-refractivity contribution is 5.74. The average Bonchev–Trinajstić information content (AvgIpc) is 3.02. The van der Waals surface area contributed by atoms with Crippen LogP contribution < -0.4 is 9.64 Å². The van der Waals surface area contributed by atoms with Crippen LogP contribution in [-0.4, -0.2) is 23.1 Å². The summed E-state index contributed by atoms with van der Waals surface area (Å²) in [5, 5.41) is 0. The van der Waals surface area contributed by atoms with Crippen LogP contribution in [0.2, 0.25) is 0 Å². The summed E-state index contributed by atoms with van der Waals surface area (Å²) < 4.78 is 5.70. The van der Waals surface area contributed by atoms with Crippen molar-refractivity contribution in [3.63, 3.8) is 0 Å². The van der Waals surface area contributed by atoms with Crippen molar-refractivity contribution in [1.29, 1.82) is 0 Å².